The highest BCUT2D eigenvalue weighted by Gasteiger charge is 2.31. The van der Waals surface area contributed by atoms with Crippen molar-refractivity contribution in [2.45, 2.75) is 11.8 Å². The van der Waals surface area contributed by atoms with Crippen LogP contribution in [0.2, 0.25) is 0 Å². The van der Waals surface area contributed by atoms with Crippen molar-refractivity contribution in [2.75, 3.05) is 11.4 Å². The number of nitriles is 1. The number of rotatable bonds is 6. The van der Waals surface area contributed by atoms with Gasteiger partial charge in [-0.2, -0.15) is 5.26 Å². The van der Waals surface area contributed by atoms with Gasteiger partial charge in [0.1, 0.15) is 23.6 Å². The zero-order valence-corrected chi connectivity index (χ0v) is 21.1. The molecule has 2 aromatic heterocycles. The molecule has 8 nitrogen and oxygen atoms in total. The van der Waals surface area contributed by atoms with E-state index in [2.05, 4.69) is 21.0 Å². The minimum atomic E-state index is -4.27. The van der Waals surface area contributed by atoms with Crippen LogP contribution in [0.5, 0.6) is 5.75 Å². The number of methoxy groups -OCH3 is 1. The molecule has 0 spiro atoms. The van der Waals surface area contributed by atoms with E-state index in [1.807, 2.05) is 0 Å². The summed E-state index contributed by atoms with van der Waals surface area (Å²) in [5, 5.41) is 11.5. The van der Waals surface area contributed by atoms with E-state index >= 15 is 0 Å². The SMILES string of the molecule is COc1cc(-c2cc(C)cc(F)c2)c(C#N)cc1N(c1ccncn1)S(=O)(=O)c1ccc2cnccc2c1. The third kappa shape index (κ3) is 4.51. The Morgan fingerprint density at radius 1 is 0.974 bits per heavy atom. The van der Waals surface area contributed by atoms with Gasteiger partial charge in [-0.1, -0.05) is 12.1 Å². The Morgan fingerprint density at radius 2 is 1.79 bits per heavy atom. The molecule has 5 aromatic rings. The van der Waals surface area contributed by atoms with Crippen LogP contribution >= 0.6 is 0 Å². The molecule has 0 atom stereocenters. The second kappa shape index (κ2) is 9.88. The maximum atomic E-state index is 14.2. The van der Waals surface area contributed by atoms with Gasteiger partial charge in [0.15, 0.2) is 5.82 Å². The molecule has 0 saturated heterocycles. The first kappa shape index (κ1) is 24.8. The summed E-state index contributed by atoms with van der Waals surface area (Å²) in [5.41, 5.74) is 1.72. The number of halogens is 1. The molecule has 0 bridgehead atoms. The van der Waals surface area contributed by atoms with Crippen LogP contribution in [0.3, 0.4) is 0 Å². The van der Waals surface area contributed by atoms with E-state index in [-0.39, 0.29) is 27.7 Å². The molecular weight excluding hydrogens is 505 g/mol. The Morgan fingerprint density at radius 3 is 2.50 bits per heavy atom. The zero-order valence-electron chi connectivity index (χ0n) is 20.3. The summed E-state index contributed by atoms with van der Waals surface area (Å²) in [6.07, 6.45) is 5.86. The monoisotopic (exact) mass is 525 g/mol. The highest BCUT2D eigenvalue weighted by atomic mass is 32.2. The lowest BCUT2D eigenvalue weighted by atomic mass is 9.97. The zero-order chi connectivity index (χ0) is 26.9. The molecule has 0 aliphatic carbocycles. The molecule has 0 aliphatic heterocycles. The number of benzene rings is 3. The van der Waals surface area contributed by atoms with Crippen LogP contribution in [-0.2, 0) is 10.0 Å². The Labute approximate surface area is 218 Å². The topological polar surface area (TPSA) is 109 Å². The Kier molecular flexibility index (Phi) is 6.45. The van der Waals surface area contributed by atoms with Crippen LogP contribution in [0, 0.1) is 24.1 Å². The molecular formula is C28H20FN5O3S. The fourth-order valence-corrected chi connectivity index (χ4v) is 5.70. The molecule has 2 heterocycles. The van der Waals surface area contributed by atoms with Crippen LogP contribution in [0.1, 0.15) is 11.1 Å². The van der Waals surface area contributed by atoms with Gasteiger partial charge in [-0.3, -0.25) is 4.98 Å². The van der Waals surface area contributed by atoms with Gasteiger partial charge in [0.05, 0.1) is 23.6 Å². The van der Waals surface area contributed by atoms with Crippen molar-refractivity contribution < 1.29 is 17.5 Å². The first-order valence-electron chi connectivity index (χ1n) is 11.4. The largest absolute Gasteiger partial charge is 0.495 e. The molecule has 38 heavy (non-hydrogen) atoms. The number of aromatic nitrogens is 3. The molecule has 0 amide bonds. The van der Waals surface area contributed by atoms with E-state index in [9.17, 15) is 18.1 Å². The molecule has 0 saturated carbocycles. The normalized spacial score (nSPS) is 11.2. The predicted molar refractivity (Wildman–Crippen MR) is 141 cm³/mol. The number of aryl methyl sites for hydroxylation is 1. The van der Waals surface area contributed by atoms with Crippen molar-refractivity contribution in [3.05, 3.63) is 103 Å². The fraction of sp³-hybridized carbons (Fsp3) is 0.0714. The van der Waals surface area contributed by atoms with Gasteiger partial charge in [-0.25, -0.2) is 27.1 Å². The van der Waals surface area contributed by atoms with E-state index in [1.165, 1.54) is 56.0 Å². The number of ether oxygens (including phenoxy) is 1. The lowest BCUT2D eigenvalue weighted by Gasteiger charge is -2.26. The van der Waals surface area contributed by atoms with Crippen molar-refractivity contribution in [3.8, 4) is 22.9 Å². The highest BCUT2D eigenvalue weighted by Crippen LogP contribution is 2.42. The average Bonchev–Trinajstić information content (AvgIpc) is 2.92. The average molecular weight is 526 g/mol. The number of anilines is 2. The van der Waals surface area contributed by atoms with E-state index in [0.29, 0.717) is 22.1 Å². The maximum absolute atomic E-state index is 14.2. The molecule has 5 rings (SSSR count). The summed E-state index contributed by atoms with van der Waals surface area (Å²) < 4.78 is 49.1. The van der Waals surface area contributed by atoms with Crippen LogP contribution in [0.4, 0.5) is 15.9 Å². The molecule has 0 unspecified atom stereocenters. The predicted octanol–water partition coefficient (Wildman–Crippen LogP) is 5.55. The number of sulfonamides is 1. The van der Waals surface area contributed by atoms with Crippen LogP contribution in [0.15, 0.2) is 90.5 Å². The first-order valence-corrected chi connectivity index (χ1v) is 12.8. The van der Waals surface area contributed by atoms with Crippen molar-refractivity contribution >= 4 is 32.3 Å². The molecule has 0 fully saturated rings. The van der Waals surface area contributed by atoms with Crippen LogP contribution in [-0.4, -0.2) is 30.5 Å². The number of hydrogen-bond acceptors (Lipinski definition) is 7. The molecule has 0 N–H and O–H groups in total. The van der Waals surface area contributed by atoms with Crippen molar-refractivity contribution in [2.24, 2.45) is 0 Å². The summed E-state index contributed by atoms with van der Waals surface area (Å²) in [4.78, 5) is 12.2. The summed E-state index contributed by atoms with van der Waals surface area (Å²) >= 11 is 0. The van der Waals surface area contributed by atoms with Crippen LogP contribution in [0.25, 0.3) is 21.9 Å². The smallest absolute Gasteiger partial charge is 0.270 e. The Bertz CT molecular complexity index is 1800. The van der Waals surface area contributed by atoms with Crippen LogP contribution < -0.4 is 9.04 Å². The van der Waals surface area contributed by atoms with Gasteiger partial charge in [-0.05, 0) is 65.9 Å². The van der Waals surface area contributed by atoms with Gasteiger partial charge >= 0.3 is 0 Å². The fourth-order valence-electron chi connectivity index (χ4n) is 4.22. The molecule has 188 valence electrons. The van der Waals surface area contributed by atoms with Gasteiger partial charge in [-0.15, -0.1) is 0 Å². The maximum Gasteiger partial charge on any atom is 0.270 e. The van der Waals surface area contributed by atoms with E-state index in [1.54, 1.807) is 43.6 Å². The van der Waals surface area contributed by atoms with Crippen molar-refractivity contribution in [1.29, 1.82) is 5.26 Å². The lowest BCUT2D eigenvalue weighted by molar-refractivity contribution is 0.416. The molecule has 10 heteroatoms. The van der Waals surface area contributed by atoms with Gasteiger partial charge < -0.3 is 4.74 Å². The summed E-state index contributed by atoms with van der Waals surface area (Å²) in [6, 6.07) is 17.3. The van der Waals surface area contributed by atoms with Gasteiger partial charge in [0.25, 0.3) is 10.0 Å². The molecule has 0 radical (unpaired) electrons. The minimum absolute atomic E-state index is 0.000190. The second-order valence-electron chi connectivity index (χ2n) is 8.42. The summed E-state index contributed by atoms with van der Waals surface area (Å²) in [5.74, 6) is -0.261. The Balaban J connectivity index is 1.76. The molecule has 0 aliphatic rings. The number of fused-ring (bicyclic) bond motifs is 1. The standard InChI is InChI=1S/C28H20FN5O3S/c1-18-9-21(11-23(29)10-18)25-14-27(37-2)26(13-22(25)15-30)34(28-6-8-32-17-33-28)38(35,36)24-4-3-20-16-31-7-5-19(20)12-24/h3-14,16-17H,1-2H3. The minimum Gasteiger partial charge on any atom is -0.495 e. The highest BCUT2D eigenvalue weighted by molar-refractivity contribution is 7.93. The second-order valence-corrected chi connectivity index (χ2v) is 10.2. The number of pyridine rings is 1. The van der Waals surface area contributed by atoms with Crippen molar-refractivity contribution in [1.82, 2.24) is 15.0 Å². The number of hydrogen-bond donors (Lipinski definition) is 0. The van der Waals surface area contributed by atoms with Gasteiger partial charge in [0.2, 0.25) is 0 Å². The van der Waals surface area contributed by atoms with E-state index in [4.69, 9.17) is 4.74 Å². The first-order chi connectivity index (χ1) is 18.3. The quantitative estimate of drug-likeness (QED) is 0.286. The summed E-state index contributed by atoms with van der Waals surface area (Å²) in [7, 11) is -2.89. The Hall–Kier alpha value is -4.88. The lowest BCUT2D eigenvalue weighted by Crippen LogP contribution is -2.27. The molecule has 3 aromatic carbocycles. The van der Waals surface area contributed by atoms with E-state index < -0.39 is 15.8 Å². The van der Waals surface area contributed by atoms with Gasteiger partial charge in [0, 0.05) is 35.6 Å². The summed E-state index contributed by atoms with van der Waals surface area (Å²) in [6.45, 7) is 1.74. The third-order valence-electron chi connectivity index (χ3n) is 5.94. The third-order valence-corrected chi connectivity index (χ3v) is 7.65. The number of nitrogens with zero attached hydrogens (tertiary/aromatic N) is 5. The van der Waals surface area contributed by atoms with E-state index in [0.717, 1.165) is 9.69 Å². The van der Waals surface area contributed by atoms with Crippen molar-refractivity contribution in [3.63, 3.8) is 0 Å².